The Balaban J connectivity index is 1.07. The van der Waals surface area contributed by atoms with Crippen molar-refractivity contribution in [3.63, 3.8) is 0 Å². The van der Waals surface area contributed by atoms with Gasteiger partial charge in [0.1, 0.15) is 6.23 Å². The number of carbonyl (C=O) groups excluding carboxylic acids is 2. The van der Waals surface area contributed by atoms with Gasteiger partial charge in [0, 0.05) is 37.5 Å². The lowest BCUT2D eigenvalue weighted by molar-refractivity contribution is 0.0497. The first-order chi connectivity index (χ1) is 23.7. The Labute approximate surface area is 288 Å². The minimum atomic E-state index is -0.849. The van der Waals surface area contributed by atoms with Crippen molar-refractivity contribution in [1.29, 1.82) is 0 Å². The number of unbranched alkanes of at least 4 members (excludes halogenated alkanes) is 2. The standard InChI is InChI=1S/C38H48N4O7/c1-7-24-14-26-20-39-29-18-34(32(46-5)16-27(29)36(43)40(26)21-24)48-12-10-9-11-13-49-35-19-30-28(17-33(35)47-6)37(44)41-22-25(8-2)15-31(41)38(45)42(30)23(3)4/h7-8,16-20,23,26,31,38,45H,9-15,21-22H2,1-6H3/t26-,31-,38?/m0/s1. The van der Waals surface area contributed by atoms with Gasteiger partial charge in [-0.15, -0.1) is 0 Å². The minimum absolute atomic E-state index is 0.0397. The van der Waals surface area contributed by atoms with Gasteiger partial charge in [-0.25, -0.2) is 0 Å². The number of aliphatic imine (C=N–C) groups is 1. The van der Waals surface area contributed by atoms with Crippen LogP contribution in [-0.2, 0) is 0 Å². The molecular formula is C38H48N4O7. The van der Waals surface area contributed by atoms with Gasteiger partial charge in [0.25, 0.3) is 11.8 Å². The van der Waals surface area contributed by atoms with Crippen molar-refractivity contribution in [2.75, 3.05) is 45.4 Å². The maximum atomic E-state index is 13.8. The maximum Gasteiger partial charge on any atom is 0.257 e. The van der Waals surface area contributed by atoms with E-state index in [0.717, 1.165) is 31.3 Å². The molecule has 262 valence electrons. The number of hydrogen-bond acceptors (Lipinski definition) is 9. The topological polar surface area (TPSA) is 113 Å². The van der Waals surface area contributed by atoms with E-state index >= 15 is 0 Å². The molecule has 3 atom stereocenters. The first kappa shape index (κ1) is 34.4. The summed E-state index contributed by atoms with van der Waals surface area (Å²) in [6.45, 7) is 10.0. The lowest BCUT2D eigenvalue weighted by atomic mass is 10.1. The number of amides is 2. The molecule has 2 saturated heterocycles. The van der Waals surface area contributed by atoms with Crippen LogP contribution in [0.5, 0.6) is 23.0 Å². The molecule has 2 aromatic carbocycles. The van der Waals surface area contributed by atoms with Crippen LogP contribution in [0, 0.1) is 0 Å². The van der Waals surface area contributed by atoms with Crippen molar-refractivity contribution in [3.8, 4) is 23.0 Å². The summed E-state index contributed by atoms with van der Waals surface area (Å²) < 4.78 is 23.6. The van der Waals surface area contributed by atoms with Crippen molar-refractivity contribution in [3.05, 3.63) is 58.7 Å². The van der Waals surface area contributed by atoms with Crippen LogP contribution in [0.25, 0.3) is 0 Å². The number of methoxy groups -OCH3 is 2. The molecule has 2 aromatic rings. The Hall–Kier alpha value is -4.51. The second-order valence-electron chi connectivity index (χ2n) is 13.3. The molecular weight excluding hydrogens is 624 g/mol. The molecule has 0 radical (unpaired) electrons. The van der Waals surface area contributed by atoms with Gasteiger partial charge in [0.05, 0.1) is 62.0 Å². The van der Waals surface area contributed by atoms with Gasteiger partial charge in [-0.2, -0.15) is 0 Å². The van der Waals surface area contributed by atoms with E-state index < -0.39 is 6.23 Å². The highest BCUT2D eigenvalue weighted by atomic mass is 16.5. The van der Waals surface area contributed by atoms with E-state index in [1.165, 1.54) is 5.57 Å². The molecule has 2 amide bonds. The molecule has 1 N–H and O–H groups in total. The third-order valence-electron chi connectivity index (χ3n) is 10.0. The Morgan fingerprint density at radius 1 is 0.816 bits per heavy atom. The van der Waals surface area contributed by atoms with Crippen molar-refractivity contribution in [2.24, 2.45) is 4.99 Å². The average molecular weight is 673 g/mol. The van der Waals surface area contributed by atoms with Gasteiger partial charge in [-0.1, -0.05) is 23.3 Å². The number of ether oxygens (including phenoxy) is 4. The Morgan fingerprint density at radius 2 is 1.41 bits per heavy atom. The number of rotatable bonds is 11. The Morgan fingerprint density at radius 3 is 2.04 bits per heavy atom. The lowest BCUT2D eigenvalue weighted by Crippen LogP contribution is -2.50. The van der Waals surface area contributed by atoms with Crippen LogP contribution in [-0.4, -0.2) is 97.8 Å². The number of hydrogen-bond donors (Lipinski definition) is 1. The smallest absolute Gasteiger partial charge is 0.257 e. The molecule has 11 nitrogen and oxygen atoms in total. The van der Waals surface area contributed by atoms with Crippen molar-refractivity contribution < 1.29 is 33.6 Å². The van der Waals surface area contributed by atoms with E-state index in [0.29, 0.717) is 78.2 Å². The summed E-state index contributed by atoms with van der Waals surface area (Å²) >= 11 is 0. The summed E-state index contributed by atoms with van der Waals surface area (Å²) in [6, 6.07) is 6.69. The average Bonchev–Trinajstić information content (AvgIpc) is 3.69. The van der Waals surface area contributed by atoms with E-state index in [9.17, 15) is 14.7 Å². The van der Waals surface area contributed by atoms with Crippen LogP contribution in [0.3, 0.4) is 0 Å². The van der Waals surface area contributed by atoms with Gasteiger partial charge in [0.15, 0.2) is 23.0 Å². The van der Waals surface area contributed by atoms with E-state index in [2.05, 4.69) is 11.1 Å². The van der Waals surface area contributed by atoms with Crippen LogP contribution in [0.15, 0.2) is 52.6 Å². The first-order valence-electron chi connectivity index (χ1n) is 17.3. The molecule has 0 aromatic heterocycles. The van der Waals surface area contributed by atoms with Gasteiger partial charge >= 0.3 is 0 Å². The van der Waals surface area contributed by atoms with Crippen molar-refractivity contribution in [1.82, 2.24) is 9.80 Å². The summed E-state index contributed by atoms with van der Waals surface area (Å²) in [5.41, 5.74) is 4.64. The summed E-state index contributed by atoms with van der Waals surface area (Å²) in [6.07, 6.45) is 8.97. The molecule has 4 heterocycles. The second kappa shape index (κ2) is 14.5. The van der Waals surface area contributed by atoms with Gasteiger partial charge in [-0.05, 0) is 71.9 Å². The fourth-order valence-electron chi connectivity index (χ4n) is 7.26. The third kappa shape index (κ3) is 6.60. The zero-order valence-electron chi connectivity index (χ0n) is 29.4. The number of benzene rings is 2. The molecule has 1 unspecified atom stereocenters. The largest absolute Gasteiger partial charge is 0.493 e. The van der Waals surface area contributed by atoms with E-state index in [1.54, 1.807) is 37.3 Å². The van der Waals surface area contributed by atoms with Crippen LogP contribution in [0.4, 0.5) is 11.4 Å². The maximum absolute atomic E-state index is 13.8. The molecule has 4 aliphatic heterocycles. The van der Waals surface area contributed by atoms with Crippen LogP contribution >= 0.6 is 0 Å². The predicted octanol–water partition coefficient (Wildman–Crippen LogP) is 5.92. The monoisotopic (exact) mass is 672 g/mol. The molecule has 0 bridgehead atoms. The normalized spacial score (nSPS) is 23.0. The number of fused-ring (bicyclic) bond motifs is 4. The molecule has 11 heteroatoms. The third-order valence-corrected chi connectivity index (χ3v) is 10.0. The molecule has 49 heavy (non-hydrogen) atoms. The highest BCUT2D eigenvalue weighted by Crippen LogP contribution is 2.43. The van der Waals surface area contributed by atoms with Gasteiger partial charge in [-0.3, -0.25) is 14.6 Å². The predicted molar refractivity (Wildman–Crippen MR) is 189 cm³/mol. The fraction of sp³-hybridized carbons (Fsp3) is 0.500. The number of carbonyl (C=O) groups is 2. The number of allylic oxidation sites excluding steroid dienone is 2. The van der Waals surface area contributed by atoms with E-state index in [4.69, 9.17) is 18.9 Å². The van der Waals surface area contributed by atoms with Crippen LogP contribution in [0.2, 0.25) is 0 Å². The second-order valence-corrected chi connectivity index (χ2v) is 13.3. The molecule has 2 fully saturated rings. The molecule has 6 rings (SSSR count). The zero-order chi connectivity index (χ0) is 34.8. The SMILES string of the molecule is CC=C1C[C@H]2C=Nc3cc(OCCCCCOc4cc5c(cc4OC)C(=O)N4CC(=CC)C[C@H]4C(O)N5C(C)C)c(OC)cc3C(=O)N2C1. The van der Waals surface area contributed by atoms with Gasteiger partial charge < -0.3 is 38.8 Å². The van der Waals surface area contributed by atoms with Crippen LogP contribution in [0.1, 0.15) is 80.5 Å². The summed E-state index contributed by atoms with van der Waals surface area (Å²) in [7, 11) is 3.14. The highest BCUT2D eigenvalue weighted by Gasteiger charge is 2.44. The molecule has 0 saturated carbocycles. The van der Waals surface area contributed by atoms with Crippen molar-refractivity contribution in [2.45, 2.75) is 84.2 Å². The number of aliphatic hydroxyl groups excluding tert-OH is 1. The number of nitrogens with zero attached hydrogens (tertiary/aromatic N) is 4. The summed E-state index contributed by atoms with van der Waals surface area (Å²) in [5, 5.41) is 11.5. The fourth-order valence-corrected chi connectivity index (χ4v) is 7.26. The van der Waals surface area contributed by atoms with Crippen molar-refractivity contribution >= 4 is 29.4 Å². The molecule has 4 aliphatic rings. The van der Waals surface area contributed by atoms with E-state index in [-0.39, 0.29) is 29.9 Å². The lowest BCUT2D eigenvalue weighted by Gasteiger charge is -2.36. The highest BCUT2D eigenvalue weighted by molar-refractivity contribution is 6.04. The summed E-state index contributed by atoms with van der Waals surface area (Å²) in [4.78, 5) is 37.3. The number of anilines is 1. The quantitative estimate of drug-likeness (QED) is 0.232. The minimum Gasteiger partial charge on any atom is -0.493 e. The zero-order valence-corrected chi connectivity index (χ0v) is 29.4. The van der Waals surface area contributed by atoms with Crippen LogP contribution < -0.4 is 23.8 Å². The molecule has 0 spiro atoms. The number of aliphatic hydroxyl groups is 1. The van der Waals surface area contributed by atoms with Gasteiger partial charge in [0.2, 0.25) is 0 Å². The Kier molecular flexibility index (Phi) is 10.2. The Bertz CT molecular complexity index is 1680. The first-order valence-corrected chi connectivity index (χ1v) is 17.3. The molecule has 0 aliphatic carbocycles. The van der Waals surface area contributed by atoms with E-state index in [1.807, 2.05) is 55.9 Å². The summed E-state index contributed by atoms with van der Waals surface area (Å²) in [5.74, 6) is 1.92.